The van der Waals surface area contributed by atoms with Crippen molar-refractivity contribution in [3.8, 4) is 67.5 Å². The molecular weight excluding hydrogens is 611 g/mol. The monoisotopic (exact) mass is 651 g/mol. The number of hydrogen-bond acceptors (Lipinski definition) is 5. The van der Waals surface area contributed by atoms with Gasteiger partial charge in [0.05, 0.1) is 0 Å². The van der Waals surface area contributed by atoms with Gasteiger partial charge in [0.25, 0.3) is 0 Å². The van der Waals surface area contributed by atoms with Gasteiger partial charge >= 0.3 is 0 Å². The van der Waals surface area contributed by atoms with E-state index in [1.54, 1.807) is 6.33 Å². The van der Waals surface area contributed by atoms with Gasteiger partial charge in [-0.3, -0.25) is 0 Å². The van der Waals surface area contributed by atoms with Crippen molar-refractivity contribution in [2.45, 2.75) is 52.4 Å². The van der Waals surface area contributed by atoms with Crippen molar-refractivity contribution in [2.75, 3.05) is 0 Å². The van der Waals surface area contributed by atoms with Crippen LogP contribution in [0.5, 0.6) is 0 Å². The Balaban J connectivity index is 1.49. The number of benzene rings is 5. The van der Waals surface area contributed by atoms with E-state index >= 15 is 0 Å². The normalized spacial score (nSPS) is 11.8. The highest BCUT2D eigenvalue weighted by Crippen LogP contribution is 2.38. The summed E-state index contributed by atoms with van der Waals surface area (Å²) < 4.78 is 0. The molecule has 5 nitrogen and oxygen atoms in total. The summed E-state index contributed by atoms with van der Waals surface area (Å²) in [6.07, 6.45) is 5.27. The van der Waals surface area contributed by atoms with Crippen molar-refractivity contribution in [3.63, 3.8) is 0 Å². The van der Waals surface area contributed by atoms with E-state index in [4.69, 9.17) is 15.0 Å². The molecule has 0 aliphatic heterocycles. The lowest BCUT2D eigenvalue weighted by atomic mass is 9.78. The summed E-state index contributed by atoms with van der Waals surface area (Å²) in [7, 11) is 0. The average Bonchev–Trinajstić information content (AvgIpc) is 3.14. The summed E-state index contributed by atoms with van der Waals surface area (Å²) in [5.41, 5.74) is 11.6. The fraction of sp³-hybridized carbons (Fsp3) is 0.178. The summed E-state index contributed by atoms with van der Waals surface area (Å²) in [4.78, 5) is 24.1. The second-order valence-electron chi connectivity index (χ2n) is 14.8. The van der Waals surface area contributed by atoms with Crippen molar-refractivity contribution < 1.29 is 0 Å². The lowest BCUT2D eigenvalue weighted by Gasteiger charge is -2.26. The van der Waals surface area contributed by atoms with E-state index in [-0.39, 0.29) is 10.8 Å². The quantitative estimate of drug-likeness (QED) is 0.179. The van der Waals surface area contributed by atoms with Gasteiger partial charge in [0.1, 0.15) is 6.33 Å². The summed E-state index contributed by atoms with van der Waals surface area (Å²) in [6, 6.07) is 42.4. The van der Waals surface area contributed by atoms with Crippen molar-refractivity contribution in [1.29, 1.82) is 0 Å². The molecule has 0 atom stereocenters. The lowest BCUT2D eigenvalue weighted by molar-refractivity contribution is 0.569. The van der Waals surface area contributed by atoms with Crippen molar-refractivity contribution in [1.82, 2.24) is 24.9 Å². The maximum absolute atomic E-state index is 5.22. The molecule has 0 saturated heterocycles. The van der Waals surface area contributed by atoms with E-state index < -0.39 is 0 Å². The van der Waals surface area contributed by atoms with Crippen molar-refractivity contribution in [3.05, 3.63) is 151 Å². The molecule has 0 N–H and O–H groups in total. The van der Waals surface area contributed by atoms with Crippen molar-refractivity contribution in [2.24, 2.45) is 0 Å². The molecule has 2 heterocycles. The largest absolute Gasteiger partial charge is 0.244 e. The van der Waals surface area contributed by atoms with Crippen LogP contribution in [-0.4, -0.2) is 24.9 Å². The smallest absolute Gasteiger partial charge is 0.164 e. The zero-order valence-electron chi connectivity index (χ0n) is 29.5. The molecule has 0 radical (unpaired) electrons. The number of rotatable bonds is 6. The third kappa shape index (κ3) is 6.99. The lowest BCUT2D eigenvalue weighted by Crippen LogP contribution is -2.16. The Hall–Kier alpha value is -5.81. The second kappa shape index (κ2) is 13.2. The molecule has 0 unspecified atom stereocenters. The van der Waals surface area contributed by atoms with Gasteiger partial charge in [-0.1, -0.05) is 145 Å². The van der Waals surface area contributed by atoms with Gasteiger partial charge in [0.15, 0.2) is 17.5 Å². The van der Waals surface area contributed by atoms with Gasteiger partial charge in [0.2, 0.25) is 0 Å². The number of aromatic nitrogens is 5. The van der Waals surface area contributed by atoms with Crippen LogP contribution in [-0.2, 0) is 10.8 Å². The first-order valence-corrected chi connectivity index (χ1v) is 17.1. The van der Waals surface area contributed by atoms with Crippen LogP contribution >= 0.6 is 0 Å². The van der Waals surface area contributed by atoms with Crippen LogP contribution < -0.4 is 0 Å². The minimum absolute atomic E-state index is 0.0242. The average molecular weight is 652 g/mol. The van der Waals surface area contributed by atoms with Crippen molar-refractivity contribution >= 4 is 0 Å². The third-order valence-electron chi connectivity index (χ3n) is 9.00. The molecule has 50 heavy (non-hydrogen) atoms. The maximum atomic E-state index is 5.22. The second-order valence-corrected chi connectivity index (χ2v) is 14.8. The van der Waals surface area contributed by atoms with Crippen LogP contribution in [0.4, 0.5) is 0 Å². The van der Waals surface area contributed by atoms with E-state index in [9.17, 15) is 0 Å². The van der Waals surface area contributed by atoms with Gasteiger partial charge in [-0.15, -0.1) is 0 Å². The SMILES string of the molecule is CC(C)(C)c1cc(-c2cc(-c3cncnc3)cc(-c3nc(-c4ccccc4)nc(-c4ccccc4-c4ccccc4)n3)c2)cc(C(C)(C)C)c1. The van der Waals surface area contributed by atoms with E-state index in [0.29, 0.717) is 17.5 Å². The number of nitrogens with zero attached hydrogens (tertiary/aromatic N) is 5. The first kappa shape index (κ1) is 32.7. The summed E-state index contributed by atoms with van der Waals surface area (Å²) >= 11 is 0. The first-order chi connectivity index (χ1) is 24.0. The Labute approximate surface area is 295 Å². The zero-order valence-corrected chi connectivity index (χ0v) is 29.5. The van der Waals surface area contributed by atoms with Gasteiger partial charge in [-0.05, 0) is 68.0 Å². The third-order valence-corrected chi connectivity index (χ3v) is 9.00. The number of hydrogen-bond donors (Lipinski definition) is 0. The Kier molecular flexibility index (Phi) is 8.67. The highest BCUT2D eigenvalue weighted by molar-refractivity contribution is 5.83. The predicted octanol–water partition coefficient (Wildman–Crippen LogP) is 11.3. The summed E-state index contributed by atoms with van der Waals surface area (Å²) in [5, 5.41) is 0. The van der Waals surface area contributed by atoms with Crippen LogP contribution in [0.1, 0.15) is 52.7 Å². The Morgan fingerprint density at radius 2 is 0.800 bits per heavy atom. The molecule has 0 spiro atoms. The molecule has 0 amide bonds. The topological polar surface area (TPSA) is 64.5 Å². The molecule has 7 rings (SSSR count). The Morgan fingerprint density at radius 1 is 0.360 bits per heavy atom. The van der Waals surface area contributed by atoms with Gasteiger partial charge in [-0.25, -0.2) is 24.9 Å². The van der Waals surface area contributed by atoms with Crippen LogP contribution in [0.3, 0.4) is 0 Å². The van der Waals surface area contributed by atoms with E-state index in [1.165, 1.54) is 11.1 Å². The predicted molar refractivity (Wildman–Crippen MR) is 205 cm³/mol. The Morgan fingerprint density at radius 3 is 1.38 bits per heavy atom. The van der Waals surface area contributed by atoms with E-state index in [0.717, 1.165) is 50.1 Å². The van der Waals surface area contributed by atoms with Crippen LogP contribution in [0.2, 0.25) is 0 Å². The minimum atomic E-state index is -0.0242. The molecule has 0 fully saturated rings. The fourth-order valence-electron chi connectivity index (χ4n) is 6.09. The van der Waals surface area contributed by atoms with Crippen LogP contribution in [0.25, 0.3) is 67.5 Å². The van der Waals surface area contributed by atoms with Gasteiger partial charge in [-0.2, -0.15) is 0 Å². The highest BCUT2D eigenvalue weighted by atomic mass is 15.0. The molecule has 2 aromatic heterocycles. The molecule has 0 saturated carbocycles. The van der Waals surface area contributed by atoms with Crippen LogP contribution in [0.15, 0.2) is 140 Å². The molecule has 7 aromatic rings. The molecular formula is C45H41N5. The molecule has 5 heteroatoms. The summed E-state index contributed by atoms with van der Waals surface area (Å²) in [6.45, 7) is 13.6. The highest BCUT2D eigenvalue weighted by Gasteiger charge is 2.22. The molecule has 0 aliphatic rings. The maximum Gasteiger partial charge on any atom is 0.164 e. The van der Waals surface area contributed by atoms with E-state index in [2.05, 4.69) is 130 Å². The standard InChI is InChI=1S/C45H41N5/c1-44(2,3)37-24-34(25-38(26-37)45(4,5)6)32-21-33(36-27-46-29-47-28-36)23-35(22-32)42-48-41(31-17-11-8-12-18-31)49-43(50-42)40-20-14-13-19-39(40)30-15-9-7-10-16-30/h7-29H,1-6H3. The van der Waals surface area contributed by atoms with E-state index in [1.807, 2.05) is 54.9 Å². The molecule has 5 aromatic carbocycles. The summed E-state index contributed by atoms with van der Waals surface area (Å²) in [5.74, 6) is 1.83. The Bertz CT molecular complexity index is 2230. The van der Waals surface area contributed by atoms with Gasteiger partial charge in [0, 0.05) is 34.6 Å². The molecule has 0 aliphatic carbocycles. The van der Waals surface area contributed by atoms with Gasteiger partial charge < -0.3 is 0 Å². The first-order valence-electron chi connectivity index (χ1n) is 17.1. The fourth-order valence-corrected chi connectivity index (χ4v) is 6.09. The molecule has 0 bridgehead atoms. The zero-order chi connectivity index (χ0) is 34.9. The van der Waals surface area contributed by atoms with Crippen LogP contribution in [0, 0.1) is 0 Å². The minimum Gasteiger partial charge on any atom is -0.244 e. The molecule has 246 valence electrons.